The molecule has 0 aliphatic rings. The number of benzene rings is 1. The Hall–Kier alpha value is -2.50. The van der Waals surface area contributed by atoms with Crippen molar-refractivity contribution in [3.63, 3.8) is 0 Å². The van der Waals surface area contributed by atoms with Crippen LogP contribution in [0.1, 0.15) is 12.7 Å². The van der Waals surface area contributed by atoms with Crippen LogP contribution in [-0.4, -0.2) is 30.1 Å². The van der Waals surface area contributed by atoms with E-state index in [1.54, 1.807) is 11.0 Å². The number of ketones is 1. The van der Waals surface area contributed by atoms with E-state index in [1.165, 1.54) is 6.33 Å². The number of hydrogen-bond donors (Lipinski definition) is 0. The van der Waals surface area contributed by atoms with Crippen LogP contribution in [0.2, 0.25) is 0 Å². The molecule has 0 amide bonds. The van der Waals surface area contributed by atoms with Gasteiger partial charge in [0, 0.05) is 6.54 Å². The van der Waals surface area contributed by atoms with Gasteiger partial charge in [-0.25, -0.2) is 14.6 Å². The molecule has 0 fully saturated rings. The van der Waals surface area contributed by atoms with Gasteiger partial charge in [-0.2, -0.15) is 5.10 Å². The highest BCUT2D eigenvalue weighted by Gasteiger charge is 2.11. The van der Waals surface area contributed by atoms with E-state index in [0.29, 0.717) is 18.8 Å². The largest absolute Gasteiger partial charge is 0.323 e. The second-order valence-electron chi connectivity index (χ2n) is 4.57. The second kappa shape index (κ2) is 5.24. The van der Waals surface area contributed by atoms with Crippen molar-refractivity contribution in [1.82, 2.24) is 24.3 Å². The van der Waals surface area contributed by atoms with E-state index in [4.69, 9.17) is 0 Å². The minimum Gasteiger partial charge on any atom is -0.323 e. The maximum atomic E-state index is 12.2. The third-order valence-corrected chi connectivity index (χ3v) is 3.22. The number of carbonyl (C=O) groups is 1. The highest BCUT2D eigenvalue weighted by Crippen LogP contribution is 2.12. The Kier molecular flexibility index (Phi) is 3.28. The van der Waals surface area contributed by atoms with Crippen LogP contribution in [0.4, 0.5) is 0 Å². The van der Waals surface area contributed by atoms with Crippen LogP contribution in [0, 0.1) is 0 Å². The molecule has 2 heterocycles. The summed E-state index contributed by atoms with van der Waals surface area (Å²) in [5.41, 5.74) is 1.87. The van der Waals surface area contributed by atoms with E-state index in [-0.39, 0.29) is 5.78 Å². The summed E-state index contributed by atoms with van der Waals surface area (Å²) in [5.74, 6) is 0.803. The summed E-state index contributed by atoms with van der Waals surface area (Å²) < 4.78 is 3.61. The van der Waals surface area contributed by atoms with Gasteiger partial charge in [-0.3, -0.25) is 4.79 Å². The van der Waals surface area contributed by atoms with Gasteiger partial charge in [0.2, 0.25) is 0 Å². The molecule has 0 saturated carbocycles. The fourth-order valence-electron chi connectivity index (χ4n) is 2.25. The summed E-state index contributed by atoms with van der Waals surface area (Å²) in [5, 5.41) is 4.07. The molecule has 0 aliphatic heterocycles. The number of rotatable bonds is 5. The molecule has 0 saturated heterocycles. The Morgan fingerprint density at radius 3 is 2.95 bits per heavy atom. The number of fused-ring (bicyclic) bond motifs is 1. The number of Topliss-reactive ketones (excluding diaryl/α,β-unsaturated/α-hetero) is 1. The fraction of sp³-hybridized carbons (Fsp3) is 0.286. The predicted molar refractivity (Wildman–Crippen MR) is 74.1 cm³/mol. The zero-order chi connectivity index (χ0) is 13.9. The Morgan fingerprint density at radius 2 is 2.10 bits per heavy atom. The molecule has 6 heteroatoms. The molecule has 1 aromatic carbocycles. The third-order valence-electron chi connectivity index (χ3n) is 3.22. The van der Waals surface area contributed by atoms with Crippen molar-refractivity contribution in [3.05, 3.63) is 42.7 Å². The van der Waals surface area contributed by atoms with Crippen LogP contribution in [0.5, 0.6) is 0 Å². The number of carbonyl (C=O) groups excluding carboxylic acids is 1. The molecule has 6 nitrogen and oxygen atoms in total. The van der Waals surface area contributed by atoms with E-state index in [9.17, 15) is 4.79 Å². The molecule has 0 N–H and O–H groups in total. The van der Waals surface area contributed by atoms with E-state index in [2.05, 4.69) is 15.1 Å². The zero-order valence-corrected chi connectivity index (χ0v) is 11.2. The van der Waals surface area contributed by atoms with Crippen molar-refractivity contribution in [2.45, 2.75) is 26.4 Å². The first-order chi connectivity index (χ1) is 9.78. The molecule has 20 heavy (non-hydrogen) atoms. The van der Waals surface area contributed by atoms with Gasteiger partial charge in [0.15, 0.2) is 5.78 Å². The average molecular weight is 269 g/mol. The molecule has 0 spiro atoms. The Morgan fingerprint density at radius 1 is 1.25 bits per heavy atom. The quantitative estimate of drug-likeness (QED) is 0.703. The van der Waals surface area contributed by atoms with Crippen molar-refractivity contribution in [2.24, 2.45) is 0 Å². The standard InChI is InChI=1S/C14H15N5O/c1-2-19-14(15-9-17-19)7-11(20)8-18-10-16-12-5-3-4-6-13(12)18/h3-6,9-10H,2,7-8H2,1H3. The first kappa shape index (κ1) is 12.5. The van der Waals surface area contributed by atoms with Crippen LogP contribution < -0.4 is 0 Å². The van der Waals surface area contributed by atoms with Gasteiger partial charge < -0.3 is 4.57 Å². The second-order valence-corrected chi connectivity index (χ2v) is 4.57. The van der Waals surface area contributed by atoms with Gasteiger partial charge in [0.25, 0.3) is 0 Å². The number of nitrogens with zero attached hydrogens (tertiary/aromatic N) is 5. The van der Waals surface area contributed by atoms with Crippen molar-refractivity contribution in [1.29, 1.82) is 0 Å². The molecule has 3 rings (SSSR count). The molecule has 0 radical (unpaired) electrons. The highest BCUT2D eigenvalue weighted by atomic mass is 16.1. The molecule has 3 aromatic rings. The number of hydrogen-bond acceptors (Lipinski definition) is 4. The van der Waals surface area contributed by atoms with E-state index in [1.807, 2.05) is 35.8 Å². The van der Waals surface area contributed by atoms with Gasteiger partial charge in [-0.15, -0.1) is 0 Å². The molecule has 0 bridgehead atoms. The molecule has 2 aromatic heterocycles. The summed E-state index contributed by atoms with van der Waals surface area (Å²) in [7, 11) is 0. The Labute approximate surface area is 116 Å². The first-order valence-electron chi connectivity index (χ1n) is 6.56. The van der Waals surface area contributed by atoms with Gasteiger partial charge in [0.1, 0.15) is 12.2 Å². The van der Waals surface area contributed by atoms with Crippen molar-refractivity contribution in [3.8, 4) is 0 Å². The van der Waals surface area contributed by atoms with Gasteiger partial charge >= 0.3 is 0 Å². The lowest BCUT2D eigenvalue weighted by atomic mass is 10.2. The van der Waals surface area contributed by atoms with Crippen LogP contribution in [-0.2, 0) is 24.3 Å². The summed E-state index contributed by atoms with van der Waals surface area (Å²) in [6, 6.07) is 7.78. The van der Waals surface area contributed by atoms with Crippen molar-refractivity contribution < 1.29 is 4.79 Å². The molecule has 0 atom stereocenters. The highest BCUT2D eigenvalue weighted by molar-refractivity contribution is 5.82. The van der Waals surface area contributed by atoms with E-state index < -0.39 is 0 Å². The normalized spacial score (nSPS) is 11.1. The SMILES string of the molecule is CCn1ncnc1CC(=O)Cn1cnc2ccccc21. The van der Waals surface area contributed by atoms with Crippen molar-refractivity contribution >= 4 is 16.8 Å². The molecule has 0 unspecified atom stereocenters. The Bertz CT molecular complexity index is 743. The minimum atomic E-state index is 0.0934. The lowest BCUT2D eigenvalue weighted by Gasteiger charge is -2.04. The zero-order valence-electron chi connectivity index (χ0n) is 11.2. The summed E-state index contributed by atoms with van der Waals surface area (Å²) >= 11 is 0. The molecule has 102 valence electrons. The maximum Gasteiger partial charge on any atom is 0.160 e. The van der Waals surface area contributed by atoms with Crippen LogP contribution in [0.15, 0.2) is 36.9 Å². The van der Waals surface area contributed by atoms with Gasteiger partial charge in [-0.05, 0) is 19.1 Å². The Balaban J connectivity index is 1.76. The van der Waals surface area contributed by atoms with Gasteiger partial charge in [-0.1, -0.05) is 12.1 Å². The van der Waals surface area contributed by atoms with Crippen LogP contribution in [0.3, 0.4) is 0 Å². The number of para-hydroxylation sites is 2. The number of imidazole rings is 1. The van der Waals surface area contributed by atoms with E-state index in [0.717, 1.165) is 17.6 Å². The van der Waals surface area contributed by atoms with Crippen LogP contribution in [0.25, 0.3) is 11.0 Å². The topological polar surface area (TPSA) is 65.6 Å². The molecular formula is C14H15N5O. The monoisotopic (exact) mass is 269 g/mol. The summed E-state index contributed by atoms with van der Waals surface area (Å²) in [6.45, 7) is 3.00. The maximum absolute atomic E-state index is 12.2. The third kappa shape index (κ3) is 2.32. The van der Waals surface area contributed by atoms with Gasteiger partial charge in [0.05, 0.1) is 30.3 Å². The van der Waals surface area contributed by atoms with Crippen LogP contribution >= 0.6 is 0 Å². The average Bonchev–Trinajstić information content (AvgIpc) is 3.06. The number of aryl methyl sites for hydroxylation is 1. The lowest BCUT2D eigenvalue weighted by molar-refractivity contribution is -0.119. The smallest absolute Gasteiger partial charge is 0.160 e. The molecular weight excluding hydrogens is 254 g/mol. The van der Waals surface area contributed by atoms with Crippen molar-refractivity contribution in [2.75, 3.05) is 0 Å². The summed E-state index contributed by atoms with van der Waals surface area (Å²) in [4.78, 5) is 20.6. The summed E-state index contributed by atoms with van der Waals surface area (Å²) in [6.07, 6.45) is 3.48. The lowest BCUT2D eigenvalue weighted by Crippen LogP contribution is -2.15. The fourth-order valence-corrected chi connectivity index (χ4v) is 2.25. The van der Waals surface area contributed by atoms with E-state index >= 15 is 0 Å². The number of aromatic nitrogens is 5. The molecule has 0 aliphatic carbocycles. The first-order valence-corrected chi connectivity index (χ1v) is 6.56. The predicted octanol–water partition coefficient (Wildman–Crippen LogP) is 1.46. The minimum absolute atomic E-state index is 0.0934.